The SMILES string of the molecule is CCNc1cncc(NC(C)c2ccsc2)n1. The smallest absolute Gasteiger partial charge is 0.147 e. The van der Waals surface area contributed by atoms with Gasteiger partial charge >= 0.3 is 0 Å². The molecule has 0 saturated carbocycles. The van der Waals surface area contributed by atoms with Crippen molar-refractivity contribution in [1.29, 1.82) is 0 Å². The van der Waals surface area contributed by atoms with Crippen molar-refractivity contribution in [3.05, 3.63) is 34.8 Å². The molecule has 90 valence electrons. The van der Waals surface area contributed by atoms with Gasteiger partial charge in [-0.15, -0.1) is 0 Å². The Hall–Kier alpha value is -1.62. The van der Waals surface area contributed by atoms with Gasteiger partial charge in [0.2, 0.25) is 0 Å². The highest BCUT2D eigenvalue weighted by atomic mass is 32.1. The Bertz CT molecular complexity index is 455. The van der Waals surface area contributed by atoms with Gasteiger partial charge in [-0.05, 0) is 36.2 Å². The molecule has 2 N–H and O–H groups in total. The quantitative estimate of drug-likeness (QED) is 0.853. The van der Waals surface area contributed by atoms with Crippen molar-refractivity contribution >= 4 is 23.0 Å². The molecule has 0 aliphatic carbocycles. The Balaban J connectivity index is 2.05. The van der Waals surface area contributed by atoms with Crippen LogP contribution < -0.4 is 10.6 Å². The minimum Gasteiger partial charge on any atom is -0.369 e. The number of thiophene rings is 1. The zero-order valence-electron chi connectivity index (χ0n) is 9.97. The second-order valence-corrected chi connectivity index (χ2v) is 4.52. The normalized spacial score (nSPS) is 12.1. The first-order valence-corrected chi connectivity index (χ1v) is 6.58. The summed E-state index contributed by atoms with van der Waals surface area (Å²) in [6.07, 6.45) is 3.47. The lowest BCUT2D eigenvalue weighted by Crippen LogP contribution is -2.09. The lowest BCUT2D eigenvalue weighted by Gasteiger charge is -2.13. The van der Waals surface area contributed by atoms with Crippen LogP contribution in [0.4, 0.5) is 11.6 Å². The summed E-state index contributed by atoms with van der Waals surface area (Å²) in [6, 6.07) is 2.36. The van der Waals surface area contributed by atoms with Crippen LogP contribution in [0.3, 0.4) is 0 Å². The average Bonchev–Trinajstić information content (AvgIpc) is 2.83. The molecular formula is C12H16N4S. The van der Waals surface area contributed by atoms with Crippen molar-refractivity contribution in [2.45, 2.75) is 19.9 Å². The summed E-state index contributed by atoms with van der Waals surface area (Å²) in [5.41, 5.74) is 1.27. The number of hydrogen-bond donors (Lipinski definition) is 2. The summed E-state index contributed by atoms with van der Waals surface area (Å²) in [7, 11) is 0. The maximum Gasteiger partial charge on any atom is 0.147 e. The first kappa shape index (κ1) is 11.9. The number of rotatable bonds is 5. The van der Waals surface area contributed by atoms with Crippen molar-refractivity contribution in [2.24, 2.45) is 0 Å². The maximum absolute atomic E-state index is 4.43. The Morgan fingerprint density at radius 3 is 2.88 bits per heavy atom. The van der Waals surface area contributed by atoms with Gasteiger partial charge in [0.25, 0.3) is 0 Å². The molecule has 4 nitrogen and oxygen atoms in total. The van der Waals surface area contributed by atoms with E-state index in [0.717, 1.165) is 18.2 Å². The minimum absolute atomic E-state index is 0.243. The first-order chi connectivity index (χ1) is 8.29. The highest BCUT2D eigenvalue weighted by molar-refractivity contribution is 7.07. The van der Waals surface area contributed by atoms with Crippen LogP contribution in [0, 0.1) is 0 Å². The zero-order chi connectivity index (χ0) is 12.1. The van der Waals surface area contributed by atoms with E-state index >= 15 is 0 Å². The Kier molecular flexibility index (Phi) is 3.93. The largest absolute Gasteiger partial charge is 0.369 e. The molecule has 0 radical (unpaired) electrons. The predicted octanol–water partition coefficient (Wildman–Crippen LogP) is 3.14. The third-order valence-corrected chi connectivity index (χ3v) is 3.10. The number of nitrogens with one attached hydrogen (secondary N) is 2. The van der Waals surface area contributed by atoms with Gasteiger partial charge < -0.3 is 10.6 Å². The first-order valence-electron chi connectivity index (χ1n) is 5.64. The number of aromatic nitrogens is 2. The average molecular weight is 248 g/mol. The zero-order valence-corrected chi connectivity index (χ0v) is 10.8. The summed E-state index contributed by atoms with van der Waals surface area (Å²) >= 11 is 1.70. The van der Waals surface area contributed by atoms with E-state index in [1.165, 1.54) is 5.56 Å². The number of hydrogen-bond acceptors (Lipinski definition) is 5. The van der Waals surface area contributed by atoms with Crippen molar-refractivity contribution < 1.29 is 0 Å². The topological polar surface area (TPSA) is 49.8 Å². The molecule has 0 fully saturated rings. The summed E-state index contributed by atoms with van der Waals surface area (Å²) in [6.45, 7) is 5.00. The Morgan fingerprint density at radius 1 is 1.35 bits per heavy atom. The van der Waals surface area contributed by atoms with Crippen LogP contribution in [-0.2, 0) is 0 Å². The monoisotopic (exact) mass is 248 g/mol. The van der Waals surface area contributed by atoms with E-state index in [-0.39, 0.29) is 6.04 Å². The number of nitrogens with zero attached hydrogens (tertiary/aromatic N) is 2. The molecular weight excluding hydrogens is 232 g/mol. The second-order valence-electron chi connectivity index (χ2n) is 3.74. The van der Waals surface area contributed by atoms with Gasteiger partial charge in [-0.2, -0.15) is 11.3 Å². The van der Waals surface area contributed by atoms with E-state index in [9.17, 15) is 0 Å². The van der Waals surface area contributed by atoms with E-state index in [4.69, 9.17) is 0 Å². The molecule has 0 saturated heterocycles. The standard InChI is InChI=1S/C12H16N4S/c1-3-14-11-6-13-7-12(16-11)15-9(2)10-4-5-17-8-10/h4-9H,3H2,1-2H3,(H2,14,15,16). The van der Waals surface area contributed by atoms with E-state index in [0.29, 0.717) is 0 Å². The summed E-state index contributed by atoms with van der Waals surface area (Å²) < 4.78 is 0. The molecule has 0 spiro atoms. The van der Waals surface area contributed by atoms with Crippen LogP contribution in [0.15, 0.2) is 29.2 Å². The van der Waals surface area contributed by atoms with E-state index in [1.54, 1.807) is 23.7 Å². The fourth-order valence-corrected chi connectivity index (χ4v) is 2.28. The minimum atomic E-state index is 0.243. The van der Waals surface area contributed by atoms with Crippen molar-refractivity contribution in [3.8, 4) is 0 Å². The molecule has 2 aromatic rings. The molecule has 1 unspecified atom stereocenters. The van der Waals surface area contributed by atoms with Crippen molar-refractivity contribution in [3.63, 3.8) is 0 Å². The Morgan fingerprint density at radius 2 is 2.18 bits per heavy atom. The predicted molar refractivity (Wildman–Crippen MR) is 72.6 cm³/mol. The van der Waals surface area contributed by atoms with Crippen molar-refractivity contribution in [1.82, 2.24) is 9.97 Å². The fourth-order valence-electron chi connectivity index (χ4n) is 1.53. The third kappa shape index (κ3) is 3.17. The van der Waals surface area contributed by atoms with Crippen LogP contribution in [-0.4, -0.2) is 16.5 Å². The van der Waals surface area contributed by atoms with Crippen LogP contribution in [0.25, 0.3) is 0 Å². The molecule has 0 bridgehead atoms. The molecule has 0 aliphatic heterocycles. The summed E-state index contributed by atoms with van der Waals surface area (Å²) in [5.74, 6) is 1.59. The number of anilines is 2. The fraction of sp³-hybridized carbons (Fsp3) is 0.333. The van der Waals surface area contributed by atoms with Gasteiger partial charge in [0.1, 0.15) is 11.6 Å². The summed E-state index contributed by atoms with van der Waals surface area (Å²) in [4.78, 5) is 8.58. The van der Waals surface area contributed by atoms with Crippen LogP contribution in [0.1, 0.15) is 25.5 Å². The van der Waals surface area contributed by atoms with Crippen LogP contribution >= 0.6 is 11.3 Å². The molecule has 2 heterocycles. The lowest BCUT2D eigenvalue weighted by atomic mass is 10.2. The molecule has 0 aliphatic rings. The Labute approximate surface area is 105 Å². The van der Waals surface area contributed by atoms with Gasteiger partial charge in [-0.3, -0.25) is 4.98 Å². The molecule has 2 aromatic heterocycles. The van der Waals surface area contributed by atoms with Crippen LogP contribution in [0.5, 0.6) is 0 Å². The third-order valence-electron chi connectivity index (χ3n) is 2.40. The molecule has 2 rings (SSSR count). The lowest BCUT2D eigenvalue weighted by molar-refractivity contribution is 0.876. The maximum atomic E-state index is 4.43. The van der Waals surface area contributed by atoms with Crippen LogP contribution in [0.2, 0.25) is 0 Å². The van der Waals surface area contributed by atoms with Gasteiger partial charge in [0, 0.05) is 6.54 Å². The summed E-state index contributed by atoms with van der Waals surface area (Å²) in [5, 5.41) is 10.7. The van der Waals surface area contributed by atoms with E-state index < -0.39 is 0 Å². The molecule has 0 amide bonds. The van der Waals surface area contributed by atoms with Crippen molar-refractivity contribution in [2.75, 3.05) is 17.2 Å². The molecule has 5 heteroatoms. The molecule has 1 atom stereocenters. The molecule has 0 aromatic carbocycles. The second kappa shape index (κ2) is 5.63. The van der Waals surface area contributed by atoms with Gasteiger partial charge in [0.05, 0.1) is 18.4 Å². The molecule has 17 heavy (non-hydrogen) atoms. The van der Waals surface area contributed by atoms with E-state index in [2.05, 4.69) is 44.4 Å². The van der Waals surface area contributed by atoms with Gasteiger partial charge in [-0.1, -0.05) is 0 Å². The van der Waals surface area contributed by atoms with E-state index in [1.807, 2.05) is 6.92 Å². The van der Waals surface area contributed by atoms with Gasteiger partial charge in [-0.25, -0.2) is 4.98 Å². The van der Waals surface area contributed by atoms with Gasteiger partial charge in [0.15, 0.2) is 0 Å². The highest BCUT2D eigenvalue weighted by Gasteiger charge is 2.06. The highest BCUT2D eigenvalue weighted by Crippen LogP contribution is 2.20.